The summed E-state index contributed by atoms with van der Waals surface area (Å²) in [4.78, 5) is 4.58. The maximum Gasteiger partial charge on any atom is 0.0545 e. The molecule has 11 nitrogen and oxygen atoms in total. The molecule has 0 atom stereocenters. The highest BCUT2D eigenvalue weighted by Crippen LogP contribution is 2.01. The lowest BCUT2D eigenvalue weighted by Crippen LogP contribution is -2.39. The molecule has 3 aliphatic heterocycles. The molecule has 2 saturated heterocycles. The van der Waals surface area contributed by atoms with Gasteiger partial charge in [-0.3, -0.25) is 4.98 Å². The van der Waals surface area contributed by atoms with Crippen molar-refractivity contribution in [3.8, 4) is 0 Å². The molecule has 238 valence electrons. The van der Waals surface area contributed by atoms with E-state index in [1.807, 2.05) is 0 Å². The van der Waals surface area contributed by atoms with Gasteiger partial charge in [0.05, 0.1) is 11.4 Å². The predicted molar refractivity (Wildman–Crippen MR) is 174 cm³/mol. The normalized spacial score (nSPS) is 22.1. The maximum absolute atomic E-state index is 4.58. The summed E-state index contributed by atoms with van der Waals surface area (Å²) >= 11 is 0. The standard InChI is InChI=1S/C12H19N3.C10H24N4.C8H20N4/c1-2-7-13-9-11-5-4-6-12(15-11)10-14-8-3-1;1-3-11-7-9-13-5-2-6-14-10-8-12-4-1;1-2-10-5-6-12-8-7-11-4-3-9-1/h4-6,13-14H,1-3,7-10H2;11-14H,1-10H2;9-12H,1-8H2. The lowest BCUT2D eigenvalue weighted by Gasteiger charge is -2.11. The van der Waals surface area contributed by atoms with Gasteiger partial charge in [-0.2, -0.15) is 0 Å². The molecule has 0 amide bonds. The van der Waals surface area contributed by atoms with E-state index in [2.05, 4.69) is 76.4 Å². The molecule has 4 heterocycles. The number of pyridine rings is 1. The molecule has 11 heteroatoms. The van der Waals surface area contributed by atoms with Crippen LogP contribution in [0.2, 0.25) is 0 Å². The van der Waals surface area contributed by atoms with Crippen LogP contribution in [-0.4, -0.2) is 123 Å². The second-order valence-corrected chi connectivity index (χ2v) is 10.7. The van der Waals surface area contributed by atoms with E-state index in [9.17, 15) is 0 Å². The van der Waals surface area contributed by atoms with Gasteiger partial charge in [-0.25, -0.2) is 0 Å². The van der Waals surface area contributed by atoms with Crippen LogP contribution in [0.4, 0.5) is 0 Å². The van der Waals surface area contributed by atoms with Crippen molar-refractivity contribution in [1.29, 1.82) is 0 Å². The molecule has 0 spiro atoms. The zero-order chi connectivity index (χ0) is 28.7. The Morgan fingerprint density at radius 2 is 0.610 bits per heavy atom. The van der Waals surface area contributed by atoms with E-state index in [0.717, 1.165) is 142 Å². The SMILES string of the molecule is C1CNCCNCCCNCCNC1.C1CNCCNCCNCCN1.c1cc2nc(c1)CNCCCCCNC2. The summed E-state index contributed by atoms with van der Waals surface area (Å²) < 4.78 is 0. The Morgan fingerprint density at radius 3 is 0.951 bits per heavy atom. The first-order valence-corrected chi connectivity index (χ1v) is 16.5. The zero-order valence-electron chi connectivity index (χ0n) is 25.9. The number of aromatic nitrogens is 1. The van der Waals surface area contributed by atoms with Gasteiger partial charge in [0.15, 0.2) is 0 Å². The molecule has 1 aromatic heterocycles. The Morgan fingerprint density at radius 1 is 0.317 bits per heavy atom. The molecule has 2 bridgehead atoms. The fourth-order valence-corrected chi connectivity index (χ4v) is 4.57. The van der Waals surface area contributed by atoms with E-state index in [-0.39, 0.29) is 0 Å². The monoisotopic (exact) mass is 578 g/mol. The quantitative estimate of drug-likeness (QED) is 0.185. The summed E-state index contributed by atoms with van der Waals surface area (Å²) in [5.41, 5.74) is 2.30. The van der Waals surface area contributed by atoms with E-state index in [1.165, 1.54) is 32.1 Å². The van der Waals surface area contributed by atoms with Crippen LogP contribution < -0.4 is 53.2 Å². The van der Waals surface area contributed by atoms with E-state index >= 15 is 0 Å². The van der Waals surface area contributed by atoms with E-state index < -0.39 is 0 Å². The molecule has 0 unspecified atom stereocenters. The highest BCUT2D eigenvalue weighted by Gasteiger charge is 2.00. The van der Waals surface area contributed by atoms with Crippen molar-refractivity contribution in [3.05, 3.63) is 29.6 Å². The summed E-state index contributed by atoms with van der Waals surface area (Å²) in [6.07, 6.45) is 6.28. The van der Waals surface area contributed by atoms with Gasteiger partial charge in [-0.15, -0.1) is 0 Å². The largest absolute Gasteiger partial charge is 0.315 e. The molecule has 41 heavy (non-hydrogen) atoms. The van der Waals surface area contributed by atoms with Gasteiger partial charge in [0.25, 0.3) is 0 Å². The zero-order valence-corrected chi connectivity index (χ0v) is 25.9. The van der Waals surface area contributed by atoms with Crippen LogP contribution in [0, 0.1) is 0 Å². The van der Waals surface area contributed by atoms with Crippen LogP contribution in [0.25, 0.3) is 0 Å². The molecule has 0 saturated carbocycles. The molecule has 0 aromatic carbocycles. The average Bonchev–Trinajstić information content (AvgIpc) is 2.98. The Labute approximate surface area is 250 Å². The van der Waals surface area contributed by atoms with Gasteiger partial charge in [0, 0.05) is 91.6 Å². The van der Waals surface area contributed by atoms with Crippen LogP contribution in [0.5, 0.6) is 0 Å². The second-order valence-electron chi connectivity index (χ2n) is 10.7. The van der Waals surface area contributed by atoms with Crippen molar-refractivity contribution in [3.63, 3.8) is 0 Å². The molecular formula is C30H63N11. The number of hydrogen-bond donors (Lipinski definition) is 10. The number of fused-ring (bicyclic) bond motifs is 2. The van der Waals surface area contributed by atoms with Crippen LogP contribution in [-0.2, 0) is 13.1 Å². The van der Waals surface area contributed by atoms with E-state index in [0.29, 0.717) is 0 Å². The predicted octanol–water partition coefficient (Wildman–Crippen LogP) is -1.06. The van der Waals surface area contributed by atoms with Gasteiger partial charge in [-0.05, 0) is 77.1 Å². The van der Waals surface area contributed by atoms with Crippen molar-refractivity contribution in [2.75, 3.05) is 118 Å². The van der Waals surface area contributed by atoms with Gasteiger partial charge in [-0.1, -0.05) is 12.5 Å². The van der Waals surface area contributed by atoms with Crippen molar-refractivity contribution >= 4 is 0 Å². The Balaban J connectivity index is 0.000000217. The minimum Gasteiger partial charge on any atom is -0.315 e. The lowest BCUT2D eigenvalue weighted by molar-refractivity contribution is 0.530. The molecule has 10 N–H and O–H groups in total. The summed E-state index contributed by atoms with van der Waals surface area (Å²) in [7, 11) is 0. The van der Waals surface area contributed by atoms with Crippen LogP contribution >= 0.6 is 0 Å². The maximum atomic E-state index is 4.58. The second kappa shape index (κ2) is 28.9. The third-order valence-corrected chi connectivity index (χ3v) is 6.97. The Bertz CT molecular complexity index is 558. The van der Waals surface area contributed by atoms with Crippen molar-refractivity contribution in [2.45, 2.75) is 45.2 Å². The summed E-state index contributed by atoms with van der Waals surface area (Å²) in [5.74, 6) is 0. The molecule has 1 aromatic rings. The molecular weight excluding hydrogens is 514 g/mol. The third-order valence-electron chi connectivity index (χ3n) is 6.97. The van der Waals surface area contributed by atoms with Gasteiger partial charge in [0.2, 0.25) is 0 Å². The van der Waals surface area contributed by atoms with E-state index in [4.69, 9.17) is 0 Å². The molecule has 4 rings (SSSR count). The van der Waals surface area contributed by atoms with Crippen molar-refractivity contribution < 1.29 is 0 Å². The minimum absolute atomic E-state index is 0.897. The highest BCUT2D eigenvalue weighted by molar-refractivity contribution is 5.11. The summed E-state index contributed by atoms with van der Waals surface area (Å²) in [6.45, 7) is 21.4. The number of rotatable bonds is 0. The van der Waals surface area contributed by atoms with Gasteiger partial charge in [0.1, 0.15) is 0 Å². The molecule has 2 fully saturated rings. The first-order valence-electron chi connectivity index (χ1n) is 16.5. The Kier molecular flexibility index (Phi) is 25.3. The summed E-state index contributed by atoms with van der Waals surface area (Å²) in [5, 5.41) is 34.0. The van der Waals surface area contributed by atoms with Crippen LogP contribution in [0.3, 0.4) is 0 Å². The first kappa shape index (κ1) is 35.9. The van der Waals surface area contributed by atoms with Crippen LogP contribution in [0.1, 0.15) is 43.5 Å². The molecule has 0 radical (unpaired) electrons. The van der Waals surface area contributed by atoms with Gasteiger partial charge < -0.3 is 53.2 Å². The molecule has 3 aliphatic rings. The topological polar surface area (TPSA) is 133 Å². The smallest absolute Gasteiger partial charge is 0.0545 e. The highest BCUT2D eigenvalue weighted by atomic mass is 15.0. The molecule has 0 aliphatic carbocycles. The number of nitrogens with one attached hydrogen (secondary N) is 10. The average molecular weight is 578 g/mol. The minimum atomic E-state index is 0.897. The van der Waals surface area contributed by atoms with Crippen molar-refractivity contribution in [2.24, 2.45) is 0 Å². The summed E-state index contributed by atoms with van der Waals surface area (Å²) in [6, 6.07) is 6.26. The fraction of sp³-hybridized carbons (Fsp3) is 0.833. The van der Waals surface area contributed by atoms with Gasteiger partial charge >= 0.3 is 0 Å². The number of hydrogen-bond acceptors (Lipinski definition) is 11. The van der Waals surface area contributed by atoms with Crippen LogP contribution in [0.15, 0.2) is 18.2 Å². The third kappa shape index (κ3) is 23.9. The van der Waals surface area contributed by atoms with E-state index in [1.54, 1.807) is 0 Å². The Hall–Kier alpha value is -1.25. The number of nitrogens with zero attached hydrogens (tertiary/aromatic N) is 1. The first-order chi connectivity index (χ1) is 20.4. The van der Waals surface area contributed by atoms with Crippen molar-refractivity contribution in [1.82, 2.24) is 58.2 Å². The lowest BCUT2D eigenvalue weighted by atomic mass is 10.2. The fourth-order valence-electron chi connectivity index (χ4n) is 4.57.